The van der Waals surface area contributed by atoms with E-state index in [1.165, 1.54) is 6.20 Å². The topological polar surface area (TPSA) is 12.9 Å². The van der Waals surface area contributed by atoms with Crippen LogP contribution in [0, 0.1) is 5.95 Å². The van der Waals surface area contributed by atoms with Gasteiger partial charge >= 0.3 is 0 Å². The highest BCUT2D eigenvalue weighted by atomic mass is 32.1. The molecule has 9 heavy (non-hydrogen) atoms. The highest BCUT2D eigenvalue weighted by molar-refractivity contribution is 7.79. The number of thiol groups is 1. The molecule has 1 aromatic heterocycles. The normalized spacial score (nSPS) is 9.56. The summed E-state index contributed by atoms with van der Waals surface area (Å²) in [5, 5.41) is 0. The van der Waals surface area contributed by atoms with Gasteiger partial charge < -0.3 is 0 Å². The van der Waals surface area contributed by atoms with E-state index in [0.717, 1.165) is 0 Å². The van der Waals surface area contributed by atoms with Crippen LogP contribution < -0.4 is 0 Å². The zero-order chi connectivity index (χ0) is 6.69. The lowest BCUT2D eigenvalue weighted by atomic mass is 10.3. The third-order valence-corrected chi connectivity index (χ3v) is 1.35. The zero-order valence-corrected chi connectivity index (χ0v) is 5.61. The molecule has 1 aromatic rings. The van der Waals surface area contributed by atoms with Crippen molar-refractivity contribution in [3.8, 4) is 0 Å². The van der Waals surface area contributed by atoms with E-state index in [9.17, 15) is 4.39 Å². The summed E-state index contributed by atoms with van der Waals surface area (Å²) in [7, 11) is 0. The number of nitrogens with zero attached hydrogens (tertiary/aromatic N) is 1. The van der Waals surface area contributed by atoms with Crippen LogP contribution in [0.3, 0.4) is 0 Å². The summed E-state index contributed by atoms with van der Waals surface area (Å²) in [5.41, 5.74) is 0.542. The predicted molar refractivity (Wildman–Crippen MR) is 36.9 cm³/mol. The van der Waals surface area contributed by atoms with E-state index in [4.69, 9.17) is 0 Å². The number of halogens is 1. The summed E-state index contributed by atoms with van der Waals surface area (Å²) in [4.78, 5) is 3.43. The van der Waals surface area contributed by atoms with Gasteiger partial charge in [-0.15, -0.1) is 0 Å². The Labute approximate surface area is 58.3 Å². The van der Waals surface area contributed by atoms with Crippen molar-refractivity contribution in [1.29, 1.82) is 0 Å². The van der Waals surface area contributed by atoms with Gasteiger partial charge in [0.25, 0.3) is 0 Å². The molecular formula is C6H6FNS. The molecule has 1 nitrogen and oxygen atoms in total. The fraction of sp³-hybridized carbons (Fsp3) is 0.167. The van der Waals surface area contributed by atoms with E-state index < -0.39 is 5.95 Å². The van der Waals surface area contributed by atoms with Crippen molar-refractivity contribution < 1.29 is 4.39 Å². The highest BCUT2D eigenvalue weighted by Crippen LogP contribution is 2.04. The van der Waals surface area contributed by atoms with Gasteiger partial charge in [-0.05, 0) is 6.07 Å². The number of pyridine rings is 1. The van der Waals surface area contributed by atoms with E-state index in [1.54, 1.807) is 12.1 Å². The zero-order valence-electron chi connectivity index (χ0n) is 4.71. The van der Waals surface area contributed by atoms with Crippen LogP contribution in [-0.2, 0) is 5.75 Å². The van der Waals surface area contributed by atoms with E-state index >= 15 is 0 Å². The molecule has 0 aromatic carbocycles. The Morgan fingerprint density at radius 2 is 2.44 bits per heavy atom. The van der Waals surface area contributed by atoms with Gasteiger partial charge in [0, 0.05) is 17.5 Å². The van der Waals surface area contributed by atoms with Gasteiger partial charge in [0.2, 0.25) is 5.95 Å². The number of aromatic nitrogens is 1. The van der Waals surface area contributed by atoms with Crippen molar-refractivity contribution in [2.24, 2.45) is 0 Å². The smallest absolute Gasteiger partial charge is 0.216 e. The Hall–Kier alpha value is -0.570. The number of hydrogen-bond donors (Lipinski definition) is 1. The van der Waals surface area contributed by atoms with Gasteiger partial charge in [-0.2, -0.15) is 17.0 Å². The van der Waals surface area contributed by atoms with Gasteiger partial charge in [-0.1, -0.05) is 6.07 Å². The van der Waals surface area contributed by atoms with E-state index in [1.807, 2.05) is 0 Å². The van der Waals surface area contributed by atoms with Crippen LogP contribution in [0.2, 0.25) is 0 Å². The molecule has 0 N–H and O–H groups in total. The molecule has 0 saturated carbocycles. The molecule has 0 aliphatic carbocycles. The van der Waals surface area contributed by atoms with Crippen molar-refractivity contribution in [2.45, 2.75) is 5.75 Å². The Balaban J connectivity index is 3.01. The van der Waals surface area contributed by atoms with E-state index in [-0.39, 0.29) is 0 Å². The second kappa shape index (κ2) is 2.82. The monoisotopic (exact) mass is 143 g/mol. The molecule has 0 aliphatic rings. The molecule has 0 unspecified atom stereocenters. The van der Waals surface area contributed by atoms with Crippen LogP contribution in [0.1, 0.15) is 5.56 Å². The molecule has 0 amide bonds. The average molecular weight is 143 g/mol. The molecule has 0 saturated heterocycles. The largest absolute Gasteiger partial charge is 0.228 e. The first kappa shape index (κ1) is 6.55. The standard InChI is InChI=1S/C6H6FNS/c7-6-5(4-9)2-1-3-8-6/h1-3,9H,4H2. The summed E-state index contributed by atoms with van der Waals surface area (Å²) in [6.45, 7) is 0. The maximum atomic E-state index is 12.4. The molecule has 0 bridgehead atoms. The molecule has 1 rings (SSSR count). The minimum Gasteiger partial charge on any atom is -0.228 e. The van der Waals surface area contributed by atoms with Gasteiger partial charge in [0.05, 0.1) is 0 Å². The van der Waals surface area contributed by atoms with Crippen LogP contribution in [0.5, 0.6) is 0 Å². The molecule has 0 fully saturated rings. The van der Waals surface area contributed by atoms with Crippen LogP contribution in [0.15, 0.2) is 18.3 Å². The Morgan fingerprint density at radius 3 is 2.89 bits per heavy atom. The summed E-state index contributed by atoms with van der Waals surface area (Å²) in [5.74, 6) is -0.0212. The van der Waals surface area contributed by atoms with Crippen molar-refractivity contribution in [1.82, 2.24) is 4.98 Å². The lowest BCUT2D eigenvalue weighted by Gasteiger charge is -1.93. The molecule has 0 spiro atoms. The minimum atomic E-state index is -0.424. The fourth-order valence-corrected chi connectivity index (χ4v) is 0.773. The lowest BCUT2D eigenvalue weighted by molar-refractivity contribution is 0.573. The number of rotatable bonds is 1. The van der Waals surface area contributed by atoms with Crippen molar-refractivity contribution >= 4 is 12.6 Å². The summed E-state index contributed by atoms with van der Waals surface area (Å²) in [6.07, 6.45) is 1.42. The van der Waals surface area contributed by atoms with Gasteiger partial charge in [-0.3, -0.25) is 0 Å². The molecule has 1 heterocycles. The van der Waals surface area contributed by atoms with Crippen molar-refractivity contribution in [3.63, 3.8) is 0 Å². The second-order valence-electron chi connectivity index (χ2n) is 1.61. The summed E-state index contributed by atoms with van der Waals surface area (Å²) in [6, 6.07) is 3.35. The maximum absolute atomic E-state index is 12.4. The molecule has 0 atom stereocenters. The van der Waals surface area contributed by atoms with Gasteiger partial charge in [0.1, 0.15) is 0 Å². The Kier molecular flexibility index (Phi) is 2.05. The molecule has 3 heteroatoms. The second-order valence-corrected chi connectivity index (χ2v) is 1.93. The first-order chi connectivity index (χ1) is 4.34. The summed E-state index contributed by atoms with van der Waals surface area (Å²) >= 11 is 3.90. The third-order valence-electron chi connectivity index (χ3n) is 1.01. The number of hydrogen-bond acceptors (Lipinski definition) is 2. The van der Waals surface area contributed by atoms with Crippen LogP contribution in [0.4, 0.5) is 4.39 Å². The van der Waals surface area contributed by atoms with Crippen molar-refractivity contribution in [3.05, 3.63) is 29.8 Å². The fourth-order valence-electron chi connectivity index (χ4n) is 0.537. The average Bonchev–Trinajstić information content (AvgIpc) is 1.89. The predicted octanol–water partition coefficient (Wildman–Crippen LogP) is 1.65. The van der Waals surface area contributed by atoms with Crippen LogP contribution in [0.25, 0.3) is 0 Å². The Bertz CT molecular complexity index is 202. The first-order valence-corrected chi connectivity index (χ1v) is 3.18. The molecule has 0 radical (unpaired) electrons. The highest BCUT2D eigenvalue weighted by Gasteiger charge is 1.96. The summed E-state index contributed by atoms with van der Waals surface area (Å²) < 4.78 is 12.4. The third kappa shape index (κ3) is 1.42. The van der Waals surface area contributed by atoms with Gasteiger partial charge in [-0.25, -0.2) is 4.98 Å². The first-order valence-electron chi connectivity index (χ1n) is 2.55. The van der Waals surface area contributed by atoms with E-state index in [2.05, 4.69) is 17.6 Å². The van der Waals surface area contributed by atoms with Gasteiger partial charge in [0.15, 0.2) is 0 Å². The SMILES string of the molecule is Fc1ncccc1CS. The lowest BCUT2D eigenvalue weighted by Crippen LogP contribution is -1.87. The molecular weight excluding hydrogens is 137 g/mol. The molecule has 48 valence electrons. The Morgan fingerprint density at radius 1 is 1.67 bits per heavy atom. The van der Waals surface area contributed by atoms with Crippen molar-refractivity contribution in [2.75, 3.05) is 0 Å². The van der Waals surface area contributed by atoms with E-state index in [0.29, 0.717) is 11.3 Å². The minimum absolute atomic E-state index is 0.402. The molecule has 0 aliphatic heterocycles. The quantitative estimate of drug-likeness (QED) is 0.466. The van der Waals surface area contributed by atoms with Crippen LogP contribution >= 0.6 is 12.6 Å². The maximum Gasteiger partial charge on any atom is 0.216 e. The van der Waals surface area contributed by atoms with Crippen LogP contribution in [-0.4, -0.2) is 4.98 Å².